The molecule has 5 nitrogen and oxygen atoms in total. The quantitative estimate of drug-likeness (QED) is 0.634. The number of oxime groups is 1. The van der Waals surface area contributed by atoms with Crippen LogP contribution in [-0.4, -0.2) is 47.3 Å². The topological polar surface area (TPSA) is 74.1 Å². The van der Waals surface area contributed by atoms with Gasteiger partial charge < -0.3 is 20.4 Å². The molecule has 3 unspecified atom stereocenters. The van der Waals surface area contributed by atoms with Crippen LogP contribution in [0, 0.1) is 34.5 Å². The van der Waals surface area contributed by atoms with Gasteiger partial charge in [0, 0.05) is 13.0 Å². The average Bonchev–Trinajstić information content (AvgIpc) is 3.29. The molecule has 28 heavy (non-hydrogen) atoms. The van der Waals surface area contributed by atoms with Gasteiger partial charge in [-0.15, -0.1) is 0 Å². The highest BCUT2D eigenvalue weighted by Gasteiger charge is 2.61. The number of hydrogen-bond donors (Lipinski definition) is 3. The molecule has 1 saturated heterocycles. The van der Waals surface area contributed by atoms with E-state index in [1.54, 1.807) is 0 Å². The van der Waals surface area contributed by atoms with E-state index in [2.05, 4.69) is 24.3 Å². The summed E-state index contributed by atoms with van der Waals surface area (Å²) in [5.41, 5.74) is 1.43. The Balaban J connectivity index is 1.33. The maximum atomic E-state index is 11.2. The fraction of sp³-hybridized carbons (Fsp3) is 0.957. The molecule has 4 saturated carbocycles. The van der Waals surface area contributed by atoms with Gasteiger partial charge in [0.25, 0.3) is 0 Å². The molecule has 0 radical (unpaired) electrons. The molecule has 0 aromatic carbocycles. The summed E-state index contributed by atoms with van der Waals surface area (Å²) in [7, 11) is 0. The van der Waals surface area contributed by atoms with Crippen LogP contribution in [0.3, 0.4) is 0 Å². The van der Waals surface area contributed by atoms with Crippen LogP contribution in [-0.2, 0) is 4.84 Å². The van der Waals surface area contributed by atoms with E-state index in [9.17, 15) is 10.2 Å². The zero-order valence-electron chi connectivity index (χ0n) is 17.6. The predicted octanol–water partition coefficient (Wildman–Crippen LogP) is 3.10. The largest absolute Gasteiger partial charge is 0.393 e. The SMILES string of the molecule is C[C@]12CCC(=NO[C@@H]3CCNC3)CC1C(O)C[C@@H]1[C@H]2CC[C@]2(C)C(O)CC[C@@H]12. The molecule has 158 valence electrons. The van der Waals surface area contributed by atoms with Crippen LogP contribution < -0.4 is 5.32 Å². The van der Waals surface area contributed by atoms with Crippen molar-refractivity contribution in [1.82, 2.24) is 5.32 Å². The van der Waals surface area contributed by atoms with E-state index >= 15 is 0 Å². The minimum atomic E-state index is -0.245. The first-order chi connectivity index (χ1) is 13.4. The monoisotopic (exact) mass is 390 g/mol. The zero-order valence-corrected chi connectivity index (χ0v) is 17.6. The molecule has 9 atom stereocenters. The second-order valence-electron chi connectivity index (χ2n) is 11.0. The predicted molar refractivity (Wildman–Crippen MR) is 109 cm³/mol. The molecule has 0 aromatic rings. The maximum absolute atomic E-state index is 11.2. The van der Waals surface area contributed by atoms with E-state index in [-0.39, 0.29) is 29.1 Å². The Labute approximate surface area is 169 Å². The first kappa shape index (κ1) is 19.3. The Morgan fingerprint density at radius 3 is 2.61 bits per heavy atom. The molecule has 1 aliphatic heterocycles. The molecule has 1 heterocycles. The van der Waals surface area contributed by atoms with Gasteiger partial charge in [-0.2, -0.15) is 0 Å². The number of nitrogens with zero attached hydrogens (tertiary/aromatic N) is 1. The van der Waals surface area contributed by atoms with E-state index in [0.29, 0.717) is 23.7 Å². The van der Waals surface area contributed by atoms with Crippen LogP contribution in [0.4, 0.5) is 0 Å². The van der Waals surface area contributed by atoms with Crippen molar-refractivity contribution in [2.75, 3.05) is 13.1 Å². The minimum Gasteiger partial charge on any atom is -0.393 e. The summed E-state index contributed by atoms with van der Waals surface area (Å²) in [6.45, 7) is 6.68. The molecule has 5 heteroatoms. The number of fused-ring (bicyclic) bond motifs is 5. The Morgan fingerprint density at radius 1 is 1.00 bits per heavy atom. The lowest BCUT2D eigenvalue weighted by Crippen LogP contribution is -2.58. The fourth-order valence-corrected chi connectivity index (χ4v) is 8.02. The van der Waals surface area contributed by atoms with Crippen LogP contribution in [0.2, 0.25) is 0 Å². The number of hydrogen-bond acceptors (Lipinski definition) is 5. The lowest BCUT2D eigenvalue weighted by Gasteiger charge is -2.61. The third-order valence-corrected chi connectivity index (χ3v) is 9.81. The third-order valence-electron chi connectivity index (χ3n) is 9.81. The molecular weight excluding hydrogens is 352 g/mol. The summed E-state index contributed by atoms with van der Waals surface area (Å²) in [6.07, 6.45) is 9.25. The molecule has 0 bridgehead atoms. The Kier molecular flexibility index (Phi) is 4.80. The summed E-state index contributed by atoms with van der Waals surface area (Å²) in [6, 6.07) is 0. The van der Waals surface area contributed by atoms with Gasteiger partial charge >= 0.3 is 0 Å². The smallest absolute Gasteiger partial charge is 0.141 e. The van der Waals surface area contributed by atoms with Gasteiger partial charge in [0.2, 0.25) is 0 Å². The molecule has 0 spiro atoms. The van der Waals surface area contributed by atoms with Gasteiger partial charge in [-0.1, -0.05) is 19.0 Å². The fourth-order valence-electron chi connectivity index (χ4n) is 8.02. The van der Waals surface area contributed by atoms with Crippen molar-refractivity contribution in [3.63, 3.8) is 0 Å². The molecule has 5 rings (SSSR count). The summed E-state index contributed by atoms with van der Waals surface area (Å²) in [4.78, 5) is 5.79. The van der Waals surface area contributed by atoms with Gasteiger partial charge in [0.1, 0.15) is 6.10 Å². The van der Waals surface area contributed by atoms with Crippen molar-refractivity contribution in [1.29, 1.82) is 0 Å². The van der Waals surface area contributed by atoms with Crippen LogP contribution in [0.5, 0.6) is 0 Å². The van der Waals surface area contributed by atoms with Gasteiger partial charge in [0.15, 0.2) is 0 Å². The molecular formula is C23H38N2O3. The lowest BCUT2D eigenvalue weighted by atomic mass is 9.44. The van der Waals surface area contributed by atoms with E-state index < -0.39 is 0 Å². The Hall–Kier alpha value is -0.650. The summed E-state index contributed by atoms with van der Waals surface area (Å²) < 4.78 is 0. The first-order valence-electron chi connectivity index (χ1n) is 11.7. The highest BCUT2D eigenvalue weighted by molar-refractivity contribution is 5.85. The summed E-state index contributed by atoms with van der Waals surface area (Å²) >= 11 is 0. The second-order valence-corrected chi connectivity index (χ2v) is 11.0. The van der Waals surface area contributed by atoms with Crippen LogP contribution in [0.15, 0.2) is 5.16 Å². The van der Waals surface area contributed by atoms with Crippen LogP contribution in [0.1, 0.15) is 71.6 Å². The minimum absolute atomic E-state index is 0.0779. The van der Waals surface area contributed by atoms with Gasteiger partial charge in [-0.3, -0.25) is 0 Å². The average molecular weight is 391 g/mol. The van der Waals surface area contributed by atoms with Crippen LogP contribution in [0.25, 0.3) is 0 Å². The normalized spacial score (nSPS) is 54.9. The number of aliphatic hydroxyl groups is 2. The van der Waals surface area contributed by atoms with Crippen LogP contribution >= 0.6 is 0 Å². The molecule has 3 N–H and O–H groups in total. The number of rotatable bonds is 2. The van der Waals surface area contributed by atoms with E-state index in [1.165, 1.54) is 6.42 Å². The second kappa shape index (κ2) is 6.95. The summed E-state index contributed by atoms with van der Waals surface area (Å²) in [5, 5.41) is 29.7. The van der Waals surface area contributed by atoms with Crippen molar-refractivity contribution in [3.05, 3.63) is 0 Å². The van der Waals surface area contributed by atoms with E-state index in [4.69, 9.17) is 4.84 Å². The summed E-state index contributed by atoms with van der Waals surface area (Å²) in [5.74, 6) is 2.15. The van der Waals surface area contributed by atoms with Crippen molar-refractivity contribution < 1.29 is 15.1 Å². The van der Waals surface area contributed by atoms with E-state index in [1.807, 2.05) is 0 Å². The highest BCUT2D eigenvalue weighted by atomic mass is 16.6. The van der Waals surface area contributed by atoms with Gasteiger partial charge in [-0.05, 0) is 92.4 Å². The first-order valence-corrected chi connectivity index (χ1v) is 11.7. The van der Waals surface area contributed by atoms with Gasteiger partial charge in [0.05, 0.1) is 17.9 Å². The molecule has 0 amide bonds. The third kappa shape index (κ3) is 2.87. The standard InChI is InChI=1S/C23H38N2O3/c1-22-8-5-14(25-28-15-7-10-24-13-15)11-19(22)20(26)12-16-17-3-4-21(27)23(17,2)9-6-18(16)22/h15-21,24,26-27H,3-13H2,1-2H3/t15-,16+,17+,18-,19?,20?,21?,22-,23+/m1/s1. The number of nitrogens with one attached hydrogen (secondary N) is 1. The Morgan fingerprint density at radius 2 is 1.82 bits per heavy atom. The maximum Gasteiger partial charge on any atom is 0.141 e. The van der Waals surface area contributed by atoms with Crippen molar-refractivity contribution in [3.8, 4) is 0 Å². The van der Waals surface area contributed by atoms with Crippen molar-refractivity contribution in [2.24, 2.45) is 39.7 Å². The Bertz CT molecular complexity index is 633. The lowest BCUT2D eigenvalue weighted by molar-refractivity contribution is -0.153. The van der Waals surface area contributed by atoms with Crippen molar-refractivity contribution in [2.45, 2.75) is 89.9 Å². The van der Waals surface area contributed by atoms with E-state index in [0.717, 1.165) is 70.2 Å². The molecule has 4 aliphatic carbocycles. The number of aliphatic hydroxyl groups excluding tert-OH is 2. The highest BCUT2D eigenvalue weighted by Crippen LogP contribution is 2.66. The molecule has 0 aromatic heterocycles. The molecule has 5 fully saturated rings. The molecule has 5 aliphatic rings. The van der Waals surface area contributed by atoms with Gasteiger partial charge in [-0.25, -0.2) is 0 Å². The zero-order chi connectivity index (χ0) is 19.5. The van der Waals surface area contributed by atoms with Crippen molar-refractivity contribution >= 4 is 5.71 Å².